The summed E-state index contributed by atoms with van der Waals surface area (Å²) in [6.45, 7) is 11.4. The number of rotatable bonds is 3. The number of hydrogen-bond donors (Lipinski definition) is 0. The number of hydrogen-bond acceptors (Lipinski definition) is 1. The van der Waals surface area contributed by atoms with Crippen LogP contribution in [0.1, 0.15) is 25.8 Å². The number of nitrogens with zero attached hydrogens (tertiary/aromatic N) is 1. The van der Waals surface area contributed by atoms with Crippen molar-refractivity contribution < 1.29 is 0 Å². The maximum Gasteiger partial charge on any atom is 0.0233 e. The molecule has 2 unspecified atom stereocenters. The van der Waals surface area contributed by atoms with Gasteiger partial charge in [0.2, 0.25) is 0 Å². The van der Waals surface area contributed by atoms with Gasteiger partial charge in [-0.3, -0.25) is 4.90 Å². The lowest BCUT2D eigenvalue weighted by Crippen LogP contribution is -2.23. The molecule has 2 atom stereocenters. The fraction of sp³-hybridized carbons (Fsp3) is 0.529. The van der Waals surface area contributed by atoms with Gasteiger partial charge >= 0.3 is 0 Å². The maximum atomic E-state index is 3.36. The van der Waals surface area contributed by atoms with Crippen molar-refractivity contribution in [1.29, 1.82) is 0 Å². The van der Waals surface area contributed by atoms with Crippen LogP contribution in [0.4, 0.5) is 0 Å². The molecule has 2 fully saturated rings. The van der Waals surface area contributed by atoms with Crippen molar-refractivity contribution in [2.75, 3.05) is 13.1 Å². The van der Waals surface area contributed by atoms with E-state index in [9.17, 15) is 0 Å². The molecule has 1 aromatic rings. The Hall–Kier alpha value is -1.08. The zero-order valence-electron chi connectivity index (χ0n) is 11.7. The quantitative estimate of drug-likeness (QED) is 0.726. The van der Waals surface area contributed by atoms with Gasteiger partial charge in [0.1, 0.15) is 0 Å². The summed E-state index contributed by atoms with van der Waals surface area (Å²) >= 11 is 0. The molecular weight excluding hydrogens is 218 g/mol. The Kier molecular flexibility index (Phi) is 4.60. The van der Waals surface area contributed by atoms with E-state index >= 15 is 0 Å². The van der Waals surface area contributed by atoms with Gasteiger partial charge in [-0.1, -0.05) is 49.8 Å². The molecule has 1 aliphatic carbocycles. The minimum atomic E-state index is 1.04. The highest BCUT2D eigenvalue weighted by Crippen LogP contribution is 2.53. The van der Waals surface area contributed by atoms with E-state index in [1.807, 2.05) is 6.92 Å². The summed E-state index contributed by atoms with van der Waals surface area (Å²) in [6, 6.07) is 10.8. The molecule has 1 saturated carbocycles. The molecule has 1 aromatic carbocycles. The van der Waals surface area contributed by atoms with E-state index in [0.29, 0.717) is 0 Å². The second kappa shape index (κ2) is 6.19. The molecule has 0 spiro atoms. The molecule has 0 amide bonds. The van der Waals surface area contributed by atoms with Crippen molar-refractivity contribution in [3.63, 3.8) is 0 Å². The molecular formula is C17H25N. The fourth-order valence-electron chi connectivity index (χ4n) is 3.31. The van der Waals surface area contributed by atoms with E-state index in [1.54, 1.807) is 6.08 Å². The van der Waals surface area contributed by atoms with Gasteiger partial charge in [0.05, 0.1) is 0 Å². The first-order valence-corrected chi connectivity index (χ1v) is 7.13. The molecule has 1 aliphatic heterocycles. The van der Waals surface area contributed by atoms with Gasteiger partial charge in [-0.2, -0.15) is 0 Å². The molecule has 1 nitrogen and oxygen atoms in total. The third-order valence-electron chi connectivity index (χ3n) is 4.17. The molecule has 3 rings (SSSR count). The molecule has 0 radical (unpaired) electrons. The Morgan fingerprint density at radius 2 is 1.78 bits per heavy atom. The summed E-state index contributed by atoms with van der Waals surface area (Å²) in [5, 5.41) is 0. The van der Waals surface area contributed by atoms with Crippen LogP contribution in [0.2, 0.25) is 0 Å². The number of likely N-dealkylation sites (tertiary alicyclic amines) is 1. The second-order valence-corrected chi connectivity index (χ2v) is 5.49. The topological polar surface area (TPSA) is 3.24 Å². The molecule has 98 valence electrons. The van der Waals surface area contributed by atoms with E-state index in [0.717, 1.165) is 24.3 Å². The van der Waals surface area contributed by atoms with E-state index in [2.05, 4.69) is 48.7 Å². The van der Waals surface area contributed by atoms with Gasteiger partial charge < -0.3 is 0 Å². The summed E-state index contributed by atoms with van der Waals surface area (Å²) in [5.41, 5.74) is 1.46. The number of fused-ring (bicyclic) bond motifs is 1. The van der Waals surface area contributed by atoms with Gasteiger partial charge in [-0.25, -0.2) is 0 Å². The van der Waals surface area contributed by atoms with Gasteiger partial charge in [0.15, 0.2) is 0 Å². The summed E-state index contributed by atoms with van der Waals surface area (Å²) in [6.07, 6.45) is 3.15. The van der Waals surface area contributed by atoms with Gasteiger partial charge in [0.25, 0.3) is 0 Å². The summed E-state index contributed by atoms with van der Waals surface area (Å²) < 4.78 is 0. The van der Waals surface area contributed by atoms with Crippen LogP contribution < -0.4 is 0 Å². The van der Waals surface area contributed by atoms with Gasteiger partial charge in [-0.05, 0) is 30.2 Å². The van der Waals surface area contributed by atoms with Crippen molar-refractivity contribution in [2.45, 2.75) is 26.8 Å². The lowest BCUT2D eigenvalue weighted by atomic mass is 10.2. The van der Waals surface area contributed by atoms with Crippen molar-refractivity contribution >= 4 is 0 Å². The molecule has 18 heavy (non-hydrogen) atoms. The monoisotopic (exact) mass is 243 g/mol. The second-order valence-electron chi connectivity index (χ2n) is 5.49. The predicted molar refractivity (Wildman–Crippen MR) is 78.4 cm³/mol. The van der Waals surface area contributed by atoms with Crippen molar-refractivity contribution in [3.8, 4) is 0 Å². The van der Waals surface area contributed by atoms with E-state index < -0.39 is 0 Å². The van der Waals surface area contributed by atoms with Crippen LogP contribution in [-0.4, -0.2) is 18.0 Å². The lowest BCUT2D eigenvalue weighted by Gasteiger charge is -2.18. The highest BCUT2D eigenvalue weighted by molar-refractivity contribution is 5.15. The third kappa shape index (κ3) is 3.02. The van der Waals surface area contributed by atoms with E-state index in [-0.39, 0.29) is 0 Å². The number of allylic oxidation sites excluding steroid dienone is 1. The predicted octanol–water partition coefficient (Wildman–Crippen LogP) is 3.97. The Bertz CT molecular complexity index is 358. The van der Waals surface area contributed by atoms with Crippen LogP contribution in [-0.2, 0) is 6.54 Å². The molecule has 0 N–H and O–H groups in total. The number of benzene rings is 1. The SMILES string of the molecule is C=CC.CCC1C2CN(Cc3ccccc3)CC12. The Morgan fingerprint density at radius 3 is 2.28 bits per heavy atom. The van der Waals surface area contributed by atoms with Crippen molar-refractivity contribution in [2.24, 2.45) is 17.8 Å². The zero-order valence-corrected chi connectivity index (χ0v) is 11.7. The average Bonchev–Trinajstić information content (AvgIpc) is 2.86. The normalized spacial score (nSPS) is 29.1. The Morgan fingerprint density at radius 1 is 1.22 bits per heavy atom. The third-order valence-corrected chi connectivity index (χ3v) is 4.17. The minimum absolute atomic E-state index is 1.04. The van der Waals surface area contributed by atoms with Crippen LogP contribution in [0.25, 0.3) is 0 Å². The highest BCUT2D eigenvalue weighted by atomic mass is 15.2. The highest BCUT2D eigenvalue weighted by Gasteiger charge is 2.53. The fourth-order valence-corrected chi connectivity index (χ4v) is 3.31. The largest absolute Gasteiger partial charge is 0.298 e. The molecule has 1 heterocycles. The van der Waals surface area contributed by atoms with Crippen molar-refractivity contribution in [1.82, 2.24) is 4.90 Å². The van der Waals surface area contributed by atoms with Gasteiger partial charge in [-0.15, -0.1) is 6.58 Å². The first-order valence-electron chi connectivity index (χ1n) is 7.13. The first-order chi connectivity index (χ1) is 8.80. The first kappa shape index (κ1) is 13.4. The van der Waals surface area contributed by atoms with E-state index in [4.69, 9.17) is 0 Å². The molecule has 0 aromatic heterocycles. The standard InChI is InChI=1S/C14H19N.C3H6/c1-2-12-13-9-15(10-14(12)13)8-11-6-4-3-5-7-11;1-3-2/h3-7,12-14H,2,8-10H2,1H3;3H,1H2,2H3. The van der Waals surface area contributed by atoms with Crippen LogP contribution in [0, 0.1) is 17.8 Å². The lowest BCUT2D eigenvalue weighted by molar-refractivity contribution is 0.276. The summed E-state index contributed by atoms with van der Waals surface area (Å²) in [4.78, 5) is 2.62. The van der Waals surface area contributed by atoms with Crippen LogP contribution >= 0.6 is 0 Å². The van der Waals surface area contributed by atoms with Crippen LogP contribution in [0.5, 0.6) is 0 Å². The van der Waals surface area contributed by atoms with Crippen molar-refractivity contribution in [3.05, 3.63) is 48.6 Å². The molecule has 1 heteroatoms. The maximum absolute atomic E-state index is 3.36. The average molecular weight is 243 g/mol. The van der Waals surface area contributed by atoms with Crippen LogP contribution in [0.3, 0.4) is 0 Å². The smallest absolute Gasteiger partial charge is 0.0233 e. The summed E-state index contributed by atoms with van der Waals surface area (Å²) in [5.74, 6) is 3.15. The summed E-state index contributed by atoms with van der Waals surface area (Å²) in [7, 11) is 0. The zero-order chi connectivity index (χ0) is 13.0. The molecule has 2 aliphatic rings. The Balaban J connectivity index is 0.000000367. The Labute approximate surface area is 112 Å². The van der Waals surface area contributed by atoms with Crippen LogP contribution in [0.15, 0.2) is 43.0 Å². The number of piperidine rings is 1. The minimum Gasteiger partial charge on any atom is -0.298 e. The molecule has 0 bridgehead atoms. The van der Waals surface area contributed by atoms with E-state index in [1.165, 1.54) is 25.1 Å². The molecule has 1 saturated heterocycles. The van der Waals surface area contributed by atoms with Gasteiger partial charge in [0, 0.05) is 19.6 Å².